The van der Waals surface area contributed by atoms with E-state index < -0.39 is 29.2 Å². The van der Waals surface area contributed by atoms with E-state index in [1.807, 2.05) is 0 Å². The number of hydrogen-bond acceptors (Lipinski definition) is 6. The van der Waals surface area contributed by atoms with Gasteiger partial charge in [-0.25, -0.2) is 8.78 Å². The number of nitrogens with zero attached hydrogens (tertiary/aromatic N) is 5. The molecule has 0 fully saturated rings. The van der Waals surface area contributed by atoms with Gasteiger partial charge in [-0.15, -0.1) is 12.1 Å². The Labute approximate surface area is 223 Å². The van der Waals surface area contributed by atoms with E-state index in [-0.39, 0.29) is 38.1 Å². The predicted octanol–water partition coefficient (Wildman–Crippen LogP) is 4.96. The molecule has 13 heteroatoms. The number of rotatable bonds is 6. The van der Waals surface area contributed by atoms with Crippen molar-refractivity contribution < 1.29 is 52.5 Å². The van der Waals surface area contributed by atoms with Gasteiger partial charge < -0.3 is 14.2 Å². The molecule has 0 aromatic carbocycles. The van der Waals surface area contributed by atoms with E-state index in [1.165, 1.54) is 26.4 Å². The molecule has 0 saturated carbocycles. The third-order valence-electron chi connectivity index (χ3n) is 5.38. The average Bonchev–Trinajstić information content (AvgIpc) is 3.34. The van der Waals surface area contributed by atoms with Crippen LogP contribution in [0.2, 0.25) is 0 Å². The van der Waals surface area contributed by atoms with Gasteiger partial charge in [-0.1, -0.05) is 17.8 Å². The van der Waals surface area contributed by atoms with Crippen LogP contribution < -0.4 is 9.47 Å². The molecule has 0 saturated heterocycles. The van der Waals surface area contributed by atoms with Crippen LogP contribution in [0.3, 0.4) is 0 Å². The van der Waals surface area contributed by atoms with Crippen molar-refractivity contribution in [2.75, 3.05) is 14.2 Å². The largest absolute Gasteiger partial charge is 2.00 e. The summed E-state index contributed by atoms with van der Waals surface area (Å²) in [6, 6.07) is 10.1. The van der Waals surface area contributed by atoms with Crippen LogP contribution in [0.1, 0.15) is 30.9 Å². The molecule has 0 aliphatic rings. The topological polar surface area (TPSA) is 75.0 Å². The van der Waals surface area contributed by atoms with Crippen LogP contribution in [-0.4, -0.2) is 39.0 Å². The average molecular weight is 699 g/mol. The molecule has 0 amide bonds. The summed E-state index contributed by atoms with van der Waals surface area (Å²) in [5.41, 5.74) is -1.50. The third-order valence-corrected chi connectivity index (χ3v) is 5.38. The number of halogens is 5. The van der Waals surface area contributed by atoms with E-state index in [4.69, 9.17) is 9.47 Å². The van der Waals surface area contributed by atoms with Crippen molar-refractivity contribution in [2.24, 2.45) is 0 Å². The van der Waals surface area contributed by atoms with Crippen LogP contribution in [0.25, 0.3) is 17.1 Å². The normalized spacial score (nSPS) is 11.7. The minimum Gasteiger partial charge on any atom is -0.498 e. The van der Waals surface area contributed by atoms with Crippen LogP contribution in [-0.2, 0) is 32.7 Å². The molecular formula is C24H18F5N5O2Pt. The summed E-state index contributed by atoms with van der Waals surface area (Å²) in [5.74, 6) is -1.49. The van der Waals surface area contributed by atoms with Gasteiger partial charge in [-0.3, -0.25) is 20.1 Å². The summed E-state index contributed by atoms with van der Waals surface area (Å²) in [4.78, 5) is 12.2. The SMILES string of the molecule is COc1cc(-c2[c-]cc(F)nc2F)nc(C(C)(C)c2cc(OC)cc(-n3[c-]cc(C(F)(F)F)n3)n2)c1.[Pt+2]. The third kappa shape index (κ3) is 5.79. The number of pyridine rings is 3. The predicted molar refractivity (Wildman–Crippen MR) is 117 cm³/mol. The first-order valence-electron chi connectivity index (χ1n) is 10.3. The second-order valence-corrected chi connectivity index (χ2v) is 8.11. The van der Waals surface area contributed by atoms with Gasteiger partial charge in [0, 0.05) is 28.9 Å². The van der Waals surface area contributed by atoms with Gasteiger partial charge in [0.2, 0.25) is 0 Å². The van der Waals surface area contributed by atoms with Crippen molar-refractivity contribution in [3.8, 4) is 28.6 Å². The molecule has 0 N–H and O–H groups in total. The van der Waals surface area contributed by atoms with Crippen molar-refractivity contribution in [1.29, 1.82) is 0 Å². The Morgan fingerprint density at radius 1 is 0.838 bits per heavy atom. The van der Waals surface area contributed by atoms with Gasteiger partial charge in [-0.2, -0.15) is 13.2 Å². The van der Waals surface area contributed by atoms with Gasteiger partial charge in [0.25, 0.3) is 0 Å². The van der Waals surface area contributed by atoms with E-state index in [9.17, 15) is 22.0 Å². The molecular weight excluding hydrogens is 680 g/mol. The summed E-state index contributed by atoms with van der Waals surface area (Å²) in [5, 5.41) is 3.52. The van der Waals surface area contributed by atoms with Crippen LogP contribution in [0, 0.1) is 24.2 Å². The van der Waals surface area contributed by atoms with Crippen LogP contribution in [0.5, 0.6) is 11.5 Å². The molecule has 0 atom stereocenters. The maximum atomic E-state index is 14.4. The number of alkyl halides is 3. The monoisotopic (exact) mass is 698 g/mol. The van der Waals surface area contributed by atoms with Crippen molar-refractivity contribution in [2.45, 2.75) is 25.4 Å². The molecule has 7 nitrogen and oxygen atoms in total. The molecule has 0 spiro atoms. The zero-order valence-corrected chi connectivity index (χ0v) is 22.0. The number of ether oxygens (including phenoxy) is 2. The Balaban J connectivity index is 0.00000380. The first-order chi connectivity index (χ1) is 16.9. The Kier molecular flexibility index (Phi) is 8.02. The second-order valence-electron chi connectivity index (χ2n) is 8.11. The van der Waals surface area contributed by atoms with Gasteiger partial charge in [0.05, 0.1) is 25.7 Å². The molecule has 4 aromatic heterocycles. The molecule has 0 radical (unpaired) electrons. The second kappa shape index (κ2) is 10.5. The van der Waals surface area contributed by atoms with E-state index in [0.717, 1.165) is 10.7 Å². The van der Waals surface area contributed by atoms with Crippen molar-refractivity contribution in [1.82, 2.24) is 24.7 Å². The van der Waals surface area contributed by atoms with Crippen molar-refractivity contribution in [3.63, 3.8) is 0 Å². The van der Waals surface area contributed by atoms with Crippen LogP contribution >= 0.6 is 0 Å². The number of methoxy groups -OCH3 is 2. The zero-order valence-electron chi connectivity index (χ0n) is 19.7. The minimum absolute atomic E-state index is 0. The zero-order chi connectivity index (χ0) is 26.3. The Bertz CT molecular complexity index is 1430. The molecule has 4 aromatic rings. The van der Waals surface area contributed by atoms with Crippen molar-refractivity contribution >= 4 is 0 Å². The van der Waals surface area contributed by atoms with E-state index in [0.29, 0.717) is 29.0 Å². The number of aromatic nitrogens is 5. The van der Waals surface area contributed by atoms with E-state index >= 15 is 0 Å². The number of hydrogen-bond donors (Lipinski definition) is 0. The fraction of sp³-hybridized carbons (Fsp3) is 0.250. The fourth-order valence-corrected chi connectivity index (χ4v) is 3.34. The van der Waals surface area contributed by atoms with E-state index in [2.05, 4.69) is 32.3 Å². The summed E-state index contributed by atoms with van der Waals surface area (Å²) >= 11 is 0. The standard InChI is InChI=1S/C24H18F5N5O2.Pt/c1-23(2,18-10-13(35-3)9-16(30-18)15-5-6-20(25)32-22(15)26)19-11-14(36-4)12-21(31-19)34-8-7-17(33-34)24(27,28)29;/h6-7,9-12H,1-4H3;/q-2;+2. The van der Waals surface area contributed by atoms with E-state index in [1.54, 1.807) is 26.0 Å². The molecule has 37 heavy (non-hydrogen) atoms. The summed E-state index contributed by atoms with van der Waals surface area (Å²) in [6.45, 7) is 3.50. The maximum absolute atomic E-state index is 14.4. The molecule has 0 unspecified atom stereocenters. The van der Waals surface area contributed by atoms with Gasteiger partial charge in [0.15, 0.2) is 0 Å². The first kappa shape index (κ1) is 28.2. The molecule has 0 aliphatic heterocycles. The Morgan fingerprint density at radius 2 is 1.46 bits per heavy atom. The van der Waals surface area contributed by atoms with Gasteiger partial charge in [-0.05, 0) is 31.7 Å². The summed E-state index contributed by atoms with van der Waals surface area (Å²) < 4.78 is 78.3. The first-order valence-corrected chi connectivity index (χ1v) is 10.3. The maximum Gasteiger partial charge on any atom is 2.00 e. The molecule has 4 rings (SSSR count). The van der Waals surface area contributed by atoms with Crippen LogP contribution in [0.15, 0.2) is 36.4 Å². The summed E-state index contributed by atoms with van der Waals surface area (Å²) in [7, 11) is 2.80. The quantitative estimate of drug-likeness (QED) is 0.161. The molecule has 0 bridgehead atoms. The Hall–Kier alpha value is -3.40. The van der Waals surface area contributed by atoms with Crippen LogP contribution in [0.4, 0.5) is 22.0 Å². The Morgan fingerprint density at radius 3 is 2.03 bits per heavy atom. The minimum atomic E-state index is -4.65. The molecule has 196 valence electrons. The smallest absolute Gasteiger partial charge is 0.498 e. The molecule has 0 aliphatic carbocycles. The van der Waals surface area contributed by atoms with Gasteiger partial charge in [0.1, 0.15) is 23.4 Å². The van der Waals surface area contributed by atoms with Gasteiger partial charge >= 0.3 is 27.2 Å². The molecule has 4 heterocycles. The summed E-state index contributed by atoms with van der Waals surface area (Å²) in [6.07, 6.45) is -2.24. The fourth-order valence-electron chi connectivity index (χ4n) is 3.34. The van der Waals surface area contributed by atoms with Crippen molar-refractivity contribution in [3.05, 3.63) is 77.6 Å².